The van der Waals surface area contributed by atoms with Crippen molar-refractivity contribution in [2.75, 3.05) is 5.73 Å². The summed E-state index contributed by atoms with van der Waals surface area (Å²) in [7, 11) is -10.1. The van der Waals surface area contributed by atoms with E-state index < -0.39 is 34.1 Å². The average Bonchev–Trinajstić information content (AvgIpc) is 3.01. The molecule has 1 saturated heterocycles. The highest BCUT2D eigenvalue weighted by molar-refractivity contribution is 7.60. The van der Waals surface area contributed by atoms with Gasteiger partial charge in [-0.1, -0.05) is 0 Å². The summed E-state index contributed by atoms with van der Waals surface area (Å²) < 4.78 is 38.3. The van der Waals surface area contributed by atoms with Gasteiger partial charge in [-0.3, -0.25) is 9.09 Å². The van der Waals surface area contributed by atoms with Crippen molar-refractivity contribution in [3.63, 3.8) is 0 Å². The molecule has 0 aliphatic carbocycles. The molecule has 2 unspecified atom stereocenters. The molecular weight excluding hydrogens is 378 g/mol. The number of ether oxygens (including phenoxy) is 1. The number of pyridine rings is 1. The maximum atomic E-state index is 11.7. The van der Waals surface area contributed by atoms with Crippen molar-refractivity contribution in [2.24, 2.45) is 0 Å². The van der Waals surface area contributed by atoms with Crippen molar-refractivity contribution in [1.29, 1.82) is 0 Å². The molecule has 1 fully saturated rings. The van der Waals surface area contributed by atoms with Gasteiger partial charge in [0.1, 0.15) is 11.7 Å². The Labute approximate surface area is 141 Å². The first-order valence-corrected chi connectivity index (χ1v) is 10.1. The summed E-state index contributed by atoms with van der Waals surface area (Å²) in [5.74, 6) is 0. The standard InChI is InChI=1S/C11H16N4O8P2/c1-6-8(22-25(19,20)23-24(16,17)18)4-9(21-6)15-5-14-10-7(12)2-3-13-11(10)15/h2-3,5-6,8-9H,4H2,1H3,(H2,12,13)(H,19,20)(H2,16,17,18)/t6-,8?,9-/m1/s1. The first-order valence-electron chi connectivity index (χ1n) is 7.06. The van der Waals surface area contributed by atoms with Gasteiger partial charge in [0.15, 0.2) is 5.65 Å². The van der Waals surface area contributed by atoms with E-state index in [-0.39, 0.29) is 6.42 Å². The van der Waals surface area contributed by atoms with Crippen LogP contribution in [0, 0.1) is 0 Å². The Morgan fingerprint density at radius 3 is 2.76 bits per heavy atom. The molecule has 2 aromatic rings. The summed E-state index contributed by atoms with van der Waals surface area (Å²) >= 11 is 0. The summed E-state index contributed by atoms with van der Waals surface area (Å²) in [5.41, 5.74) is 7.22. The molecule has 0 aromatic carbocycles. The monoisotopic (exact) mass is 394 g/mol. The molecule has 0 saturated carbocycles. The zero-order valence-corrected chi connectivity index (χ0v) is 14.7. The van der Waals surface area contributed by atoms with Crippen LogP contribution in [0.5, 0.6) is 0 Å². The molecule has 0 radical (unpaired) electrons. The summed E-state index contributed by atoms with van der Waals surface area (Å²) in [5, 5.41) is 0. The SMILES string of the molecule is C[C@H]1O[C@@H](n2cnc3c(N)ccnc32)CC1OP(=O)(O)OP(=O)(O)O. The van der Waals surface area contributed by atoms with Gasteiger partial charge in [0, 0.05) is 12.6 Å². The van der Waals surface area contributed by atoms with E-state index in [0.717, 1.165) is 0 Å². The lowest BCUT2D eigenvalue weighted by Gasteiger charge is -2.18. The van der Waals surface area contributed by atoms with Crippen LogP contribution in [0.3, 0.4) is 0 Å². The van der Waals surface area contributed by atoms with E-state index >= 15 is 0 Å². The third-order valence-electron chi connectivity index (χ3n) is 3.61. The fourth-order valence-corrected chi connectivity index (χ4v) is 4.41. The summed E-state index contributed by atoms with van der Waals surface area (Å²) in [4.78, 5) is 35.1. The van der Waals surface area contributed by atoms with Gasteiger partial charge in [0.25, 0.3) is 0 Å². The molecule has 1 aliphatic rings. The van der Waals surface area contributed by atoms with Gasteiger partial charge in [-0.05, 0) is 13.0 Å². The topological polar surface area (TPSA) is 179 Å². The smallest absolute Gasteiger partial charge is 0.397 e. The number of rotatable bonds is 5. The Bertz CT molecular complexity index is 882. The Morgan fingerprint density at radius 1 is 1.36 bits per heavy atom. The van der Waals surface area contributed by atoms with Crippen LogP contribution in [0.25, 0.3) is 11.2 Å². The van der Waals surface area contributed by atoms with Crippen LogP contribution < -0.4 is 5.73 Å². The lowest BCUT2D eigenvalue weighted by atomic mass is 10.2. The normalized spacial score (nSPS) is 26.8. The van der Waals surface area contributed by atoms with Crippen LogP contribution in [0.4, 0.5) is 5.69 Å². The van der Waals surface area contributed by atoms with Gasteiger partial charge >= 0.3 is 15.6 Å². The van der Waals surface area contributed by atoms with E-state index in [1.54, 1.807) is 17.6 Å². The molecule has 3 rings (SSSR count). The molecular formula is C11H16N4O8P2. The maximum absolute atomic E-state index is 11.7. The number of hydrogen-bond donors (Lipinski definition) is 4. The van der Waals surface area contributed by atoms with E-state index in [1.807, 2.05) is 0 Å². The van der Waals surface area contributed by atoms with Crippen molar-refractivity contribution < 1.29 is 37.4 Å². The lowest BCUT2D eigenvalue weighted by Crippen LogP contribution is -2.20. The molecule has 0 bridgehead atoms. The minimum absolute atomic E-state index is 0.109. The first-order chi connectivity index (χ1) is 11.6. The third-order valence-corrected chi connectivity index (χ3v) is 5.82. The minimum Gasteiger partial charge on any atom is -0.397 e. The second kappa shape index (κ2) is 6.42. The van der Waals surface area contributed by atoms with Crippen molar-refractivity contribution in [2.45, 2.75) is 31.8 Å². The Kier molecular flexibility index (Phi) is 4.73. The van der Waals surface area contributed by atoms with Crippen LogP contribution in [0.15, 0.2) is 18.6 Å². The van der Waals surface area contributed by atoms with Gasteiger partial charge in [-0.2, -0.15) is 4.31 Å². The number of phosphoric acid groups is 2. The van der Waals surface area contributed by atoms with E-state index in [4.69, 9.17) is 24.8 Å². The fraction of sp³-hybridized carbons (Fsp3) is 0.455. The highest BCUT2D eigenvalue weighted by Crippen LogP contribution is 2.59. The number of fused-ring (bicyclic) bond motifs is 1. The van der Waals surface area contributed by atoms with Gasteiger partial charge in [-0.25, -0.2) is 19.1 Å². The average molecular weight is 394 g/mol. The Morgan fingerprint density at radius 2 is 2.08 bits per heavy atom. The summed E-state index contributed by atoms with van der Waals surface area (Å²) in [6.07, 6.45) is 0.888. The number of aromatic nitrogens is 3. The number of nitrogens with zero attached hydrogens (tertiary/aromatic N) is 3. The molecule has 14 heteroatoms. The molecule has 0 amide bonds. The van der Waals surface area contributed by atoms with Crippen molar-refractivity contribution >= 4 is 32.5 Å². The van der Waals surface area contributed by atoms with Crippen LogP contribution in [-0.4, -0.2) is 41.4 Å². The van der Waals surface area contributed by atoms with Gasteiger partial charge in [-0.15, -0.1) is 0 Å². The Hall–Kier alpha value is -1.36. The zero-order valence-electron chi connectivity index (χ0n) is 12.9. The molecule has 138 valence electrons. The van der Waals surface area contributed by atoms with Gasteiger partial charge < -0.3 is 25.2 Å². The number of nitrogen functional groups attached to an aromatic ring is 1. The summed E-state index contributed by atoms with van der Waals surface area (Å²) in [6.45, 7) is 1.59. The number of phosphoric ester groups is 1. The molecule has 0 spiro atoms. The van der Waals surface area contributed by atoms with Crippen LogP contribution >= 0.6 is 15.6 Å². The quantitative estimate of drug-likeness (QED) is 0.530. The van der Waals surface area contributed by atoms with Crippen molar-refractivity contribution in [3.8, 4) is 0 Å². The lowest BCUT2D eigenvalue weighted by molar-refractivity contribution is -0.00650. The highest BCUT2D eigenvalue weighted by atomic mass is 31.3. The Balaban J connectivity index is 1.78. The highest BCUT2D eigenvalue weighted by Gasteiger charge is 2.42. The molecule has 25 heavy (non-hydrogen) atoms. The second-order valence-electron chi connectivity index (χ2n) is 5.44. The van der Waals surface area contributed by atoms with E-state index in [0.29, 0.717) is 16.9 Å². The largest absolute Gasteiger partial charge is 0.481 e. The zero-order chi connectivity index (χ0) is 18.4. The molecule has 4 atom stereocenters. The number of imidazole rings is 1. The van der Waals surface area contributed by atoms with Crippen LogP contribution in [0.2, 0.25) is 0 Å². The van der Waals surface area contributed by atoms with E-state index in [1.165, 1.54) is 12.5 Å². The van der Waals surface area contributed by atoms with Gasteiger partial charge in [0.05, 0.1) is 24.2 Å². The third kappa shape index (κ3) is 4.08. The van der Waals surface area contributed by atoms with Crippen LogP contribution in [-0.2, 0) is 22.7 Å². The minimum atomic E-state index is -5.18. The molecule has 12 nitrogen and oxygen atoms in total. The maximum Gasteiger partial charge on any atom is 0.481 e. The number of hydrogen-bond acceptors (Lipinski definition) is 8. The van der Waals surface area contributed by atoms with Crippen LogP contribution in [0.1, 0.15) is 19.6 Å². The van der Waals surface area contributed by atoms with Crippen molar-refractivity contribution in [3.05, 3.63) is 18.6 Å². The first kappa shape index (κ1) is 18.4. The molecule has 3 heterocycles. The van der Waals surface area contributed by atoms with E-state index in [2.05, 4.69) is 14.3 Å². The number of nitrogens with two attached hydrogens (primary N) is 1. The van der Waals surface area contributed by atoms with Gasteiger partial charge in [0.2, 0.25) is 0 Å². The molecule has 1 aliphatic heterocycles. The van der Waals surface area contributed by atoms with E-state index in [9.17, 15) is 14.0 Å². The predicted molar refractivity (Wildman–Crippen MR) is 84.0 cm³/mol. The molecule has 2 aromatic heterocycles. The second-order valence-corrected chi connectivity index (χ2v) is 8.22. The van der Waals surface area contributed by atoms with Crippen molar-refractivity contribution in [1.82, 2.24) is 14.5 Å². The number of anilines is 1. The summed E-state index contributed by atoms with van der Waals surface area (Å²) in [6, 6.07) is 1.60. The molecule has 5 N–H and O–H groups in total. The predicted octanol–water partition coefficient (Wildman–Crippen LogP) is 0.916. The fourth-order valence-electron chi connectivity index (χ4n) is 2.58.